The fourth-order valence-corrected chi connectivity index (χ4v) is 4.78. The van der Waals surface area contributed by atoms with Crippen molar-refractivity contribution < 1.29 is 22.0 Å². The molecule has 0 aromatic heterocycles. The number of aryl methyl sites for hydroxylation is 1. The van der Waals surface area contributed by atoms with E-state index in [9.17, 15) is 27.2 Å². The van der Waals surface area contributed by atoms with Gasteiger partial charge in [-0.15, -0.1) is 0 Å². The molecule has 4 aromatic rings. The lowest BCUT2D eigenvalue weighted by atomic mass is 9.94. The third kappa shape index (κ3) is 4.21. The minimum Gasteiger partial charge on any atom is -0.237 e. The van der Waals surface area contributed by atoms with Crippen LogP contribution in [-0.2, 0) is 6.18 Å². The van der Waals surface area contributed by atoms with Crippen LogP contribution in [0, 0.1) is 43.0 Å². The standard InChI is InChI=1S/C31H14F5N3/c1-16-10-19(6-8-26(16)32)21-13-23-22-11-17(18-5-9-27(33)25(12-18)31(34,35)36)4-7-20(22)30(29(15-37)39-3)24(23)14-28(21)38-2/h4-14H,1H3/b30-29-. The Morgan fingerprint density at radius 2 is 1.38 bits per heavy atom. The van der Waals surface area contributed by atoms with Crippen molar-refractivity contribution >= 4 is 11.3 Å². The van der Waals surface area contributed by atoms with Crippen molar-refractivity contribution in [2.45, 2.75) is 13.1 Å². The third-order valence-corrected chi connectivity index (χ3v) is 6.63. The molecule has 5 rings (SSSR count). The van der Waals surface area contributed by atoms with Crippen LogP contribution in [0.3, 0.4) is 0 Å². The van der Waals surface area contributed by atoms with Crippen molar-refractivity contribution in [2.24, 2.45) is 0 Å². The van der Waals surface area contributed by atoms with Gasteiger partial charge in [-0.25, -0.2) is 23.7 Å². The Labute approximate surface area is 220 Å². The molecule has 0 N–H and O–H groups in total. The van der Waals surface area contributed by atoms with E-state index >= 15 is 0 Å². The van der Waals surface area contributed by atoms with E-state index in [1.807, 2.05) is 6.07 Å². The number of fused-ring (bicyclic) bond motifs is 3. The van der Waals surface area contributed by atoms with Crippen LogP contribution in [-0.4, -0.2) is 0 Å². The summed E-state index contributed by atoms with van der Waals surface area (Å²) < 4.78 is 67.9. The van der Waals surface area contributed by atoms with E-state index in [1.165, 1.54) is 18.2 Å². The van der Waals surface area contributed by atoms with Crippen LogP contribution in [0.2, 0.25) is 0 Å². The van der Waals surface area contributed by atoms with Crippen LogP contribution < -0.4 is 0 Å². The number of alkyl halides is 3. The van der Waals surface area contributed by atoms with Gasteiger partial charge in [-0.2, -0.15) is 13.2 Å². The number of hydrogen-bond donors (Lipinski definition) is 0. The highest BCUT2D eigenvalue weighted by molar-refractivity contribution is 6.07. The van der Waals surface area contributed by atoms with Gasteiger partial charge in [-0.3, -0.25) is 0 Å². The topological polar surface area (TPSA) is 32.5 Å². The van der Waals surface area contributed by atoms with E-state index < -0.39 is 23.4 Å². The highest BCUT2D eigenvalue weighted by Gasteiger charge is 2.34. The molecule has 0 atom stereocenters. The van der Waals surface area contributed by atoms with Gasteiger partial charge in [0.2, 0.25) is 0 Å². The van der Waals surface area contributed by atoms with E-state index in [0.717, 1.165) is 12.1 Å². The third-order valence-electron chi connectivity index (χ3n) is 6.63. The average molecular weight is 523 g/mol. The SMILES string of the molecule is [C-]#[N+]/C(C#N)=C1/c2ccc(-c3ccc(F)c(C(F)(F)F)c3)cc2-c2cc(-c3ccc(F)c(C)c3)c([N+]#[C-])cc21. The second kappa shape index (κ2) is 9.24. The van der Waals surface area contributed by atoms with Gasteiger partial charge in [0.1, 0.15) is 11.6 Å². The molecule has 8 heteroatoms. The van der Waals surface area contributed by atoms with Crippen LogP contribution in [0.1, 0.15) is 22.3 Å². The lowest BCUT2D eigenvalue weighted by Gasteiger charge is -2.12. The van der Waals surface area contributed by atoms with Crippen molar-refractivity contribution in [3.63, 3.8) is 0 Å². The number of nitrogens with zero attached hydrogens (tertiary/aromatic N) is 3. The minimum atomic E-state index is -4.88. The number of halogens is 5. The van der Waals surface area contributed by atoms with Crippen LogP contribution in [0.15, 0.2) is 72.4 Å². The molecule has 0 aliphatic heterocycles. The maximum absolute atomic E-state index is 13.9. The molecule has 0 saturated carbocycles. The van der Waals surface area contributed by atoms with Gasteiger partial charge in [0, 0.05) is 5.57 Å². The van der Waals surface area contributed by atoms with Crippen LogP contribution in [0.25, 0.3) is 48.6 Å². The number of allylic oxidation sites excluding steroid dienone is 1. The number of rotatable bonds is 2. The van der Waals surface area contributed by atoms with Crippen LogP contribution >= 0.6 is 0 Å². The molecule has 0 fully saturated rings. The molecule has 0 heterocycles. The summed E-state index contributed by atoms with van der Waals surface area (Å²) in [5.41, 5.74) is 2.93. The molecular weight excluding hydrogens is 509 g/mol. The molecule has 39 heavy (non-hydrogen) atoms. The molecule has 0 unspecified atom stereocenters. The fourth-order valence-electron chi connectivity index (χ4n) is 4.78. The molecule has 188 valence electrons. The largest absolute Gasteiger partial charge is 0.419 e. The van der Waals surface area contributed by atoms with Crippen molar-refractivity contribution in [3.05, 3.63) is 129 Å². The predicted molar refractivity (Wildman–Crippen MR) is 137 cm³/mol. The van der Waals surface area contributed by atoms with E-state index in [0.29, 0.717) is 50.1 Å². The zero-order valence-electron chi connectivity index (χ0n) is 20.1. The minimum absolute atomic E-state index is 0.128. The van der Waals surface area contributed by atoms with E-state index in [-0.39, 0.29) is 16.9 Å². The van der Waals surface area contributed by atoms with E-state index in [2.05, 4.69) is 9.69 Å². The van der Waals surface area contributed by atoms with Gasteiger partial charge in [0.25, 0.3) is 5.70 Å². The molecule has 0 amide bonds. The molecular formula is C31H14F5N3. The number of nitriles is 1. The summed E-state index contributed by atoms with van der Waals surface area (Å²) in [5, 5.41) is 9.66. The first-order valence-corrected chi connectivity index (χ1v) is 11.4. The first-order valence-electron chi connectivity index (χ1n) is 11.4. The van der Waals surface area contributed by atoms with Gasteiger partial charge >= 0.3 is 6.18 Å². The fraction of sp³-hybridized carbons (Fsp3) is 0.0645. The summed E-state index contributed by atoms with van der Waals surface area (Å²) in [6.45, 7) is 16.8. The van der Waals surface area contributed by atoms with Crippen LogP contribution in [0.4, 0.5) is 27.6 Å². The molecule has 0 bridgehead atoms. The van der Waals surface area contributed by atoms with Crippen molar-refractivity contribution in [1.29, 1.82) is 5.26 Å². The Balaban J connectivity index is 1.79. The molecule has 4 aromatic carbocycles. The number of hydrogen-bond acceptors (Lipinski definition) is 1. The monoisotopic (exact) mass is 523 g/mol. The van der Waals surface area contributed by atoms with Gasteiger partial charge in [-0.05, 0) is 93.4 Å². The van der Waals surface area contributed by atoms with Crippen molar-refractivity contribution in [2.75, 3.05) is 0 Å². The van der Waals surface area contributed by atoms with Crippen molar-refractivity contribution in [1.82, 2.24) is 0 Å². The summed E-state index contributed by atoms with van der Waals surface area (Å²) in [6, 6.07) is 17.1. The molecule has 1 aliphatic rings. The second-order valence-electron chi connectivity index (χ2n) is 8.89. The highest BCUT2D eigenvalue weighted by atomic mass is 19.4. The predicted octanol–water partition coefficient (Wildman–Crippen LogP) is 9.36. The van der Waals surface area contributed by atoms with Gasteiger partial charge in [0.05, 0.1) is 24.8 Å². The summed E-state index contributed by atoms with van der Waals surface area (Å²) in [4.78, 5) is 6.98. The summed E-state index contributed by atoms with van der Waals surface area (Å²) in [7, 11) is 0. The maximum atomic E-state index is 13.9. The first-order chi connectivity index (χ1) is 18.6. The zero-order chi connectivity index (χ0) is 28.1. The molecule has 3 nitrogen and oxygen atoms in total. The van der Waals surface area contributed by atoms with Crippen molar-refractivity contribution in [3.8, 4) is 39.4 Å². The van der Waals surface area contributed by atoms with Gasteiger partial charge < -0.3 is 0 Å². The quantitative estimate of drug-likeness (QED) is 0.129. The summed E-state index contributed by atoms with van der Waals surface area (Å²) in [6.07, 6.45) is -4.88. The zero-order valence-corrected chi connectivity index (χ0v) is 20.1. The lowest BCUT2D eigenvalue weighted by Crippen LogP contribution is -2.08. The maximum Gasteiger partial charge on any atom is 0.419 e. The van der Waals surface area contributed by atoms with E-state index in [4.69, 9.17) is 13.1 Å². The lowest BCUT2D eigenvalue weighted by molar-refractivity contribution is -0.139. The average Bonchev–Trinajstić information content (AvgIpc) is 3.22. The van der Waals surface area contributed by atoms with E-state index in [1.54, 1.807) is 43.3 Å². The normalized spacial score (nSPS) is 13.1. The Morgan fingerprint density at radius 3 is 2.03 bits per heavy atom. The second-order valence-corrected chi connectivity index (χ2v) is 8.89. The molecule has 0 radical (unpaired) electrons. The molecule has 0 saturated heterocycles. The molecule has 1 aliphatic carbocycles. The summed E-state index contributed by atoms with van der Waals surface area (Å²) >= 11 is 0. The Kier molecular flexibility index (Phi) is 6.02. The highest BCUT2D eigenvalue weighted by Crippen LogP contribution is 2.51. The van der Waals surface area contributed by atoms with Gasteiger partial charge in [0.15, 0.2) is 5.69 Å². The summed E-state index contributed by atoms with van der Waals surface area (Å²) in [5.74, 6) is -1.79. The Bertz CT molecular complexity index is 1850. The Morgan fingerprint density at radius 1 is 0.744 bits per heavy atom. The number of benzene rings is 4. The first kappa shape index (κ1) is 25.4. The van der Waals surface area contributed by atoms with Crippen LogP contribution in [0.5, 0.6) is 0 Å². The molecule has 0 spiro atoms. The smallest absolute Gasteiger partial charge is 0.237 e. The van der Waals surface area contributed by atoms with Gasteiger partial charge in [-0.1, -0.05) is 30.3 Å². The Hall–Kier alpha value is -5.26.